The van der Waals surface area contributed by atoms with Crippen LogP contribution >= 0.6 is 11.3 Å². The molecule has 0 saturated heterocycles. The highest BCUT2D eigenvalue weighted by molar-refractivity contribution is 7.86. The maximum Gasteiger partial charge on any atom is 0.264 e. The topological polar surface area (TPSA) is 62.8 Å². The molecule has 0 fully saturated rings. The van der Waals surface area contributed by atoms with E-state index >= 15 is 0 Å². The number of nitrogens with zero attached hydrogens (tertiary/aromatic N) is 1. The highest BCUT2D eigenvalue weighted by Crippen LogP contribution is 2.27. The number of hydrogen-bond donors (Lipinski definition) is 1. The Morgan fingerprint density at radius 3 is 2.67 bits per heavy atom. The number of H-pyrrole nitrogens is 1. The fourth-order valence-electron chi connectivity index (χ4n) is 1.09. The lowest BCUT2D eigenvalue weighted by Crippen LogP contribution is -2.05. The third kappa shape index (κ3) is 2.21. The molecule has 6 heteroatoms. The summed E-state index contributed by atoms with van der Waals surface area (Å²) >= 11 is 1.42. The molecule has 0 aliphatic rings. The molecule has 78 valence electrons. The van der Waals surface area contributed by atoms with Crippen molar-refractivity contribution in [3.05, 3.63) is 34.6 Å². The Kier molecular flexibility index (Phi) is 2.79. The molecule has 1 unspecified atom stereocenters. The molecule has 4 nitrogen and oxygen atoms in total. The van der Waals surface area contributed by atoms with E-state index in [1.807, 2.05) is 12.1 Å². The first-order valence-electron chi connectivity index (χ1n) is 4.16. The molecule has 2 heterocycles. The molecule has 15 heavy (non-hydrogen) atoms. The SMILES string of the molecule is CS(=O)c1ccc(-c2ccc(=O)[nH]n2)s1. The number of nitrogens with one attached hydrogen (secondary N) is 1. The zero-order valence-electron chi connectivity index (χ0n) is 7.89. The number of thiophene rings is 1. The Morgan fingerprint density at radius 1 is 1.33 bits per heavy atom. The van der Waals surface area contributed by atoms with Crippen LogP contribution in [0.1, 0.15) is 0 Å². The van der Waals surface area contributed by atoms with E-state index in [4.69, 9.17) is 0 Å². The Labute approximate surface area is 92.4 Å². The van der Waals surface area contributed by atoms with Crippen LogP contribution in [0.25, 0.3) is 10.6 Å². The minimum absolute atomic E-state index is 0.227. The van der Waals surface area contributed by atoms with Gasteiger partial charge >= 0.3 is 0 Å². The second-order valence-corrected chi connectivity index (χ2v) is 5.57. The van der Waals surface area contributed by atoms with E-state index in [-0.39, 0.29) is 5.56 Å². The van der Waals surface area contributed by atoms with Crippen LogP contribution in [0, 0.1) is 0 Å². The predicted molar refractivity (Wildman–Crippen MR) is 60.5 cm³/mol. The zero-order chi connectivity index (χ0) is 10.8. The lowest BCUT2D eigenvalue weighted by molar-refractivity contribution is 0.688. The summed E-state index contributed by atoms with van der Waals surface area (Å²) in [5, 5.41) is 6.26. The molecule has 0 bridgehead atoms. The van der Waals surface area contributed by atoms with Crippen LogP contribution in [0.4, 0.5) is 0 Å². The van der Waals surface area contributed by atoms with Gasteiger partial charge in [0.25, 0.3) is 5.56 Å². The molecule has 2 aromatic heterocycles. The molecule has 1 N–H and O–H groups in total. The normalized spacial score (nSPS) is 12.6. The largest absolute Gasteiger partial charge is 0.268 e. The highest BCUT2D eigenvalue weighted by Gasteiger charge is 2.06. The van der Waals surface area contributed by atoms with Crippen molar-refractivity contribution in [2.75, 3.05) is 6.26 Å². The highest BCUT2D eigenvalue weighted by atomic mass is 32.2. The van der Waals surface area contributed by atoms with Crippen molar-refractivity contribution in [3.8, 4) is 10.6 Å². The molecule has 0 spiro atoms. The van der Waals surface area contributed by atoms with Crippen LogP contribution in [-0.4, -0.2) is 20.7 Å². The molecule has 0 aromatic carbocycles. The van der Waals surface area contributed by atoms with E-state index in [0.29, 0.717) is 5.69 Å². The van der Waals surface area contributed by atoms with E-state index in [0.717, 1.165) is 9.09 Å². The maximum absolute atomic E-state index is 11.2. The van der Waals surface area contributed by atoms with Crippen molar-refractivity contribution in [1.29, 1.82) is 0 Å². The van der Waals surface area contributed by atoms with Gasteiger partial charge in [0.15, 0.2) is 0 Å². The van der Waals surface area contributed by atoms with Gasteiger partial charge in [-0.3, -0.25) is 9.00 Å². The van der Waals surface area contributed by atoms with Crippen molar-refractivity contribution < 1.29 is 4.21 Å². The van der Waals surface area contributed by atoms with Crippen molar-refractivity contribution in [1.82, 2.24) is 10.2 Å². The second-order valence-electron chi connectivity index (χ2n) is 2.88. The van der Waals surface area contributed by atoms with Gasteiger partial charge in [0.1, 0.15) is 5.69 Å². The van der Waals surface area contributed by atoms with Crippen molar-refractivity contribution in [2.24, 2.45) is 0 Å². The van der Waals surface area contributed by atoms with Crippen molar-refractivity contribution in [3.63, 3.8) is 0 Å². The maximum atomic E-state index is 11.2. The van der Waals surface area contributed by atoms with Crippen LogP contribution in [0.3, 0.4) is 0 Å². The minimum atomic E-state index is -0.967. The van der Waals surface area contributed by atoms with Gasteiger partial charge in [-0.15, -0.1) is 11.3 Å². The predicted octanol–water partition coefficient (Wildman–Crippen LogP) is 1.24. The number of hydrogen-bond acceptors (Lipinski definition) is 4. The molecule has 2 aromatic rings. The van der Waals surface area contributed by atoms with Crippen LogP contribution in [0.15, 0.2) is 33.3 Å². The summed E-state index contributed by atoms with van der Waals surface area (Å²) in [4.78, 5) is 11.7. The van der Waals surface area contributed by atoms with Crippen LogP contribution in [-0.2, 0) is 10.8 Å². The van der Waals surface area contributed by atoms with Gasteiger partial charge in [0.2, 0.25) is 0 Å². The van der Waals surface area contributed by atoms with Crippen LogP contribution in [0.5, 0.6) is 0 Å². The second kappa shape index (κ2) is 4.08. The van der Waals surface area contributed by atoms with Crippen molar-refractivity contribution >= 4 is 22.1 Å². The quantitative estimate of drug-likeness (QED) is 0.859. The Bertz CT molecular complexity index is 539. The third-order valence-corrected chi connectivity index (χ3v) is 4.36. The summed E-state index contributed by atoms with van der Waals surface area (Å²) < 4.78 is 12.0. The van der Waals surface area contributed by atoms with Crippen LogP contribution < -0.4 is 5.56 Å². The van der Waals surface area contributed by atoms with Gasteiger partial charge in [-0.25, -0.2) is 5.10 Å². The lowest BCUT2D eigenvalue weighted by Gasteiger charge is -1.92. The lowest BCUT2D eigenvalue weighted by atomic mass is 10.3. The summed E-state index contributed by atoms with van der Waals surface area (Å²) in [6.45, 7) is 0. The van der Waals surface area contributed by atoms with Gasteiger partial charge in [0.05, 0.1) is 19.9 Å². The molecule has 0 saturated carbocycles. The van der Waals surface area contributed by atoms with E-state index < -0.39 is 10.8 Å². The summed E-state index contributed by atoms with van der Waals surface area (Å²) in [7, 11) is -0.967. The minimum Gasteiger partial charge on any atom is -0.268 e. The molecule has 1 atom stereocenters. The summed E-state index contributed by atoms with van der Waals surface area (Å²) in [5.74, 6) is 0. The monoisotopic (exact) mass is 240 g/mol. The zero-order valence-corrected chi connectivity index (χ0v) is 9.52. The molecule has 0 aliphatic carbocycles. The molecule has 0 aliphatic heterocycles. The van der Waals surface area contributed by atoms with Crippen LogP contribution in [0.2, 0.25) is 0 Å². The van der Waals surface area contributed by atoms with Gasteiger partial charge in [-0.05, 0) is 18.2 Å². The molecule has 0 radical (unpaired) electrons. The van der Waals surface area contributed by atoms with E-state index in [9.17, 15) is 9.00 Å². The molecular formula is C9H8N2O2S2. The Hall–Kier alpha value is -1.27. The summed E-state index contributed by atoms with van der Waals surface area (Å²) in [5.41, 5.74) is 0.464. The Balaban J connectivity index is 2.41. The summed E-state index contributed by atoms with van der Waals surface area (Å²) in [6, 6.07) is 6.72. The smallest absolute Gasteiger partial charge is 0.264 e. The number of aromatic nitrogens is 2. The fourth-order valence-corrected chi connectivity index (χ4v) is 2.80. The standard InChI is InChI=1S/C9H8N2O2S2/c1-15(13)9-5-3-7(14-9)6-2-4-8(12)11-10-6/h2-5H,1H3,(H,11,12). The van der Waals surface area contributed by atoms with Gasteiger partial charge in [0, 0.05) is 12.3 Å². The van der Waals surface area contributed by atoms with E-state index in [2.05, 4.69) is 10.2 Å². The van der Waals surface area contributed by atoms with E-state index in [1.165, 1.54) is 17.4 Å². The molecular weight excluding hydrogens is 232 g/mol. The van der Waals surface area contributed by atoms with Gasteiger partial charge < -0.3 is 0 Å². The molecule has 0 amide bonds. The van der Waals surface area contributed by atoms with Gasteiger partial charge in [-0.1, -0.05) is 0 Å². The first-order valence-corrected chi connectivity index (χ1v) is 6.53. The Morgan fingerprint density at radius 2 is 2.13 bits per heavy atom. The third-order valence-electron chi connectivity index (χ3n) is 1.80. The van der Waals surface area contributed by atoms with E-state index in [1.54, 1.807) is 12.3 Å². The van der Waals surface area contributed by atoms with Gasteiger partial charge in [-0.2, -0.15) is 5.10 Å². The van der Waals surface area contributed by atoms with Crippen molar-refractivity contribution in [2.45, 2.75) is 4.21 Å². The number of rotatable bonds is 2. The molecule has 2 rings (SSSR count). The average Bonchev–Trinajstić information content (AvgIpc) is 2.68. The fraction of sp³-hybridized carbons (Fsp3) is 0.111. The first-order chi connectivity index (χ1) is 7.16. The summed E-state index contributed by atoms with van der Waals surface area (Å²) in [6.07, 6.45) is 1.63. The number of aromatic amines is 1. The average molecular weight is 240 g/mol. The first kappa shape index (κ1) is 10.3.